The highest BCUT2D eigenvalue weighted by Crippen LogP contribution is 2.28. The summed E-state index contributed by atoms with van der Waals surface area (Å²) in [5.41, 5.74) is 1.30. The van der Waals surface area contributed by atoms with Gasteiger partial charge in [0, 0.05) is 21.7 Å². The van der Waals surface area contributed by atoms with Crippen LogP contribution in [0, 0.1) is 6.92 Å². The number of carbonyl (C=O) groups excluding carboxylic acids is 2. The number of aryl methyl sites for hydroxylation is 1. The number of carbonyl (C=O) groups is 2. The molecule has 0 fully saturated rings. The van der Waals surface area contributed by atoms with Crippen LogP contribution in [-0.4, -0.2) is 23.5 Å². The van der Waals surface area contributed by atoms with E-state index in [1.165, 1.54) is 0 Å². The average molecular weight is 418 g/mol. The second-order valence-corrected chi connectivity index (χ2v) is 8.63. The summed E-state index contributed by atoms with van der Waals surface area (Å²) in [5, 5.41) is 3.22. The van der Waals surface area contributed by atoms with Crippen LogP contribution in [0.2, 0.25) is 5.02 Å². The van der Waals surface area contributed by atoms with Gasteiger partial charge in [0.1, 0.15) is 5.75 Å². The largest absolute Gasteiger partial charge is 0.491 e. The molecule has 0 saturated carbocycles. The molecule has 6 heteroatoms. The standard InChI is InChI=1S/C23H28ClNO4/c1-14(2)28-18-11-9-16(10-12-18)20(26)21(29-22(27)25-23(4,5)6)17-8-7-15(3)19(24)13-17/h7-14,21H,1-6H3,(H,25,27). The number of halogens is 1. The SMILES string of the molecule is Cc1ccc(C(OC(=O)NC(C)(C)C)C(=O)c2ccc(OC(C)C)cc2)cc1Cl. The van der Waals surface area contributed by atoms with Gasteiger partial charge in [0.15, 0.2) is 6.10 Å². The van der Waals surface area contributed by atoms with Crippen molar-refractivity contribution in [2.45, 2.75) is 59.3 Å². The van der Waals surface area contributed by atoms with Crippen molar-refractivity contribution in [3.05, 3.63) is 64.2 Å². The summed E-state index contributed by atoms with van der Waals surface area (Å²) in [6.07, 6.45) is -1.76. The van der Waals surface area contributed by atoms with E-state index in [0.29, 0.717) is 21.9 Å². The first kappa shape index (κ1) is 22.8. The maximum absolute atomic E-state index is 13.2. The minimum atomic E-state index is -1.12. The van der Waals surface area contributed by atoms with Crippen LogP contribution in [0.25, 0.3) is 0 Å². The van der Waals surface area contributed by atoms with Gasteiger partial charge in [0.2, 0.25) is 5.78 Å². The molecular weight excluding hydrogens is 390 g/mol. The zero-order valence-electron chi connectivity index (χ0n) is 17.7. The normalized spacial score (nSPS) is 12.4. The molecule has 0 radical (unpaired) electrons. The fraction of sp³-hybridized carbons (Fsp3) is 0.391. The maximum atomic E-state index is 13.2. The van der Waals surface area contributed by atoms with Gasteiger partial charge in [-0.2, -0.15) is 0 Å². The lowest BCUT2D eigenvalue weighted by Crippen LogP contribution is -2.42. The Morgan fingerprint density at radius 2 is 1.66 bits per heavy atom. The number of amides is 1. The van der Waals surface area contributed by atoms with Crippen LogP contribution >= 0.6 is 11.6 Å². The van der Waals surface area contributed by atoms with Gasteiger partial charge >= 0.3 is 6.09 Å². The summed E-state index contributed by atoms with van der Waals surface area (Å²) in [5.74, 6) is 0.322. The van der Waals surface area contributed by atoms with Crippen LogP contribution in [0.4, 0.5) is 4.79 Å². The Balaban J connectivity index is 2.33. The summed E-state index contributed by atoms with van der Waals surface area (Å²) < 4.78 is 11.1. The molecule has 2 aromatic carbocycles. The van der Waals surface area contributed by atoms with Crippen molar-refractivity contribution in [2.24, 2.45) is 0 Å². The molecule has 0 aliphatic rings. The summed E-state index contributed by atoms with van der Waals surface area (Å²) in [6, 6.07) is 12.0. The van der Waals surface area contributed by atoms with Crippen LogP contribution in [-0.2, 0) is 4.74 Å². The highest BCUT2D eigenvalue weighted by molar-refractivity contribution is 6.31. The summed E-state index contributed by atoms with van der Waals surface area (Å²) in [6.45, 7) is 11.2. The van der Waals surface area contributed by atoms with Gasteiger partial charge in [-0.25, -0.2) is 4.79 Å². The van der Waals surface area contributed by atoms with Gasteiger partial charge in [0.25, 0.3) is 0 Å². The molecule has 0 aromatic heterocycles. The lowest BCUT2D eigenvalue weighted by atomic mass is 9.99. The minimum absolute atomic E-state index is 0.0310. The highest BCUT2D eigenvalue weighted by Gasteiger charge is 2.28. The van der Waals surface area contributed by atoms with Gasteiger partial charge in [-0.15, -0.1) is 0 Å². The number of Topliss-reactive ketones (excluding diaryl/α,β-unsaturated/α-hetero) is 1. The van der Waals surface area contributed by atoms with E-state index in [0.717, 1.165) is 5.56 Å². The topological polar surface area (TPSA) is 64.6 Å². The number of rotatable bonds is 6. The van der Waals surface area contributed by atoms with E-state index in [-0.39, 0.29) is 11.9 Å². The Morgan fingerprint density at radius 1 is 1.03 bits per heavy atom. The molecule has 1 unspecified atom stereocenters. The third kappa shape index (κ3) is 6.79. The van der Waals surface area contributed by atoms with Gasteiger partial charge in [0.05, 0.1) is 6.10 Å². The van der Waals surface area contributed by atoms with Gasteiger partial charge in [-0.3, -0.25) is 4.79 Å². The fourth-order valence-electron chi connectivity index (χ4n) is 2.61. The van der Waals surface area contributed by atoms with Crippen molar-refractivity contribution in [2.75, 3.05) is 0 Å². The molecule has 1 N–H and O–H groups in total. The number of ether oxygens (including phenoxy) is 2. The maximum Gasteiger partial charge on any atom is 0.408 e. The van der Waals surface area contributed by atoms with E-state index >= 15 is 0 Å². The first-order chi connectivity index (χ1) is 13.5. The van der Waals surface area contributed by atoms with E-state index in [1.807, 2.05) is 41.5 Å². The Labute approximate surface area is 177 Å². The van der Waals surface area contributed by atoms with E-state index in [4.69, 9.17) is 21.1 Å². The van der Waals surface area contributed by atoms with E-state index < -0.39 is 17.7 Å². The average Bonchev–Trinajstić information content (AvgIpc) is 2.60. The predicted octanol–water partition coefficient (Wildman–Crippen LogP) is 5.88. The highest BCUT2D eigenvalue weighted by atomic mass is 35.5. The third-order valence-corrected chi connectivity index (χ3v) is 4.36. The Hall–Kier alpha value is -2.53. The van der Waals surface area contributed by atoms with Gasteiger partial charge in [-0.1, -0.05) is 23.7 Å². The number of nitrogens with one attached hydrogen (secondary N) is 1. The quantitative estimate of drug-likeness (QED) is 0.595. The molecule has 0 aliphatic carbocycles. The molecule has 1 amide bonds. The van der Waals surface area contributed by atoms with Crippen molar-refractivity contribution in [3.8, 4) is 5.75 Å². The number of hydrogen-bond acceptors (Lipinski definition) is 4. The molecule has 0 heterocycles. The molecule has 0 spiro atoms. The van der Waals surface area contributed by atoms with Crippen molar-refractivity contribution >= 4 is 23.5 Å². The lowest BCUT2D eigenvalue weighted by Gasteiger charge is -2.23. The molecule has 0 aliphatic heterocycles. The smallest absolute Gasteiger partial charge is 0.408 e. The molecule has 1 atom stereocenters. The number of benzene rings is 2. The monoisotopic (exact) mass is 417 g/mol. The zero-order valence-corrected chi connectivity index (χ0v) is 18.5. The molecule has 0 bridgehead atoms. The van der Waals surface area contributed by atoms with Crippen molar-refractivity contribution in [3.63, 3.8) is 0 Å². The minimum Gasteiger partial charge on any atom is -0.491 e. The number of ketones is 1. The number of hydrogen-bond donors (Lipinski definition) is 1. The molecule has 29 heavy (non-hydrogen) atoms. The molecule has 5 nitrogen and oxygen atoms in total. The fourth-order valence-corrected chi connectivity index (χ4v) is 2.80. The molecule has 2 rings (SSSR count). The summed E-state index contributed by atoms with van der Waals surface area (Å²) in [7, 11) is 0. The first-order valence-corrected chi connectivity index (χ1v) is 9.90. The molecular formula is C23H28ClNO4. The summed E-state index contributed by atoms with van der Waals surface area (Å²) >= 11 is 6.24. The van der Waals surface area contributed by atoms with Crippen LogP contribution < -0.4 is 10.1 Å². The lowest BCUT2D eigenvalue weighted by molar-refractivity contribution is 0.0607. The van der Waals surface area contributed by atoms with Crippen LogP contribution in [0.5, 0.6) is 5.75 Å². The van der Waals surface area contributed by atoms with E-state index in [2.05, 4.69) is 5.32 Å². The second-order valence-electron chi connectivity index (χ2n) is 8.22. The van der Waals surface area contributed by atoms with Gasteiger partial charge in [-0.05, 0) is 77.4 Å². The Morgan fingerprint density at radius 3 is 2.17 bits per heavy atom. The molecule has 156 valence electrons. The molecule has 0 saturated heterocycles. The van der Waals surface area contributed by atoms with Crippen LogP contribution in [0.15, 0.2) is 42.5 Å². The third-order valence-electron chi connectivity index (χ3n) is 3.95. The Bertz CT molecular complexity index is 869. The van der Waals surface area contributed by atoms with Crippen molar-refractivity contribution < 1.29 is 19.1 Å². The predicted molar refractivity (Wildman–Crippen MR) is 115 cm³/mol. The molecule has 2 aromatic rings. The van der Waals surface area contributed by atoms with E-state index in [9.17, 15) is 9.59 Å². The van der Waals surface area contributed by atoms with Gasteiger partial charge < -0.3 is 14.8 Å². The van der Waals surface area contributed by atoms with Crippen LogP contribution in [0.3, 0.4) is 0 Å². The zero-order chi connectivity index (χ0) is 21.8. The first-order valence-electron chi connectivity index (χ1n) is 9.52. The Kier molecular flexibility index (Phi) is 7.31. The van der Waals surface area contributed by atoms with Crippen molar-refractivity contribution in [1.29, 1.82) is 0 Å². The second kappa shape index (κ2) is 9.31. The van der Waals surface area contributed by atoms with Crippen LogP contribution in [0.1, 0.15) is 62.2 Å². The van der Waals surface area contributed by atoms with Crippen molar-refractivity contribution in [1.82, 2.24) is 5.32 Å². The number of alkyl carbamates (subject to hydrolysis) is 1. The summed E-state index contributed by atoms with van der Waals surface area (Å²) in [4.78, 5) is 25.6. The van der Waals surface area contributed by atoms with E-state index in [1.54, 1.807) is 42.5 Å².